The third-order valence-corrected chi connectivity index (χ3v) is 13.5. The summed E-state index contributed by atoms with van der Waals surface area (Å²) in [6, 6.07) is 101. The highest BCUT2D eigenvalue weighted by Crippen LogP contribution is 2.48. The average Bonchev–Trinajstić information content (AvgIpc) is 3.86. The molecule has 0 saturated heterocycles. The molecule has 12 aromatic rings. The van der Waals surface area contributed by atoms with Gasteiger partial charge in [0.2, 0.25) is 0 Å². The summed E-state index contributed by atoms with van der Waals surface area (Å²) < 4.78 is 7.35. The Balaban J connectivity index is 1.000. The summed E-state index contributed by atoms with van der Waals surface area (Å²) in [4.78, 5) is 9.14. The van der Waals surface area contributed by atoms with Crippen LogP contribution in [0.3, 0.4) is 0 Å². The Labute approximate surface area is 421 Å². The van der Waals surface area contributed by atoms with Gasteiger partial charge in [-0.15, -0.1) is 0 Å². The molecule has 5 heteroatoms. The van der Waals surface area contributed by atoms with Crippen molar-refractivity contribution in [3.8, 4) is 22.3 Å². The van der Waals surface area contributed by atoms with Gasteiger partial charge in [-0.05, 0) is 144 Å². The van der Waals surface area contributed by atoms with Gasteiger partial charge in [0.05, 0.1) is 11.4 Å². The molecule has 344 valence electrons. The Morgan fingerprint density at radius 3 is 0.861 bits per heavy atom. The third-order valence-electron chi connectivity index (χ3n) is 13.5. The molecule has 1 heterocycles. The largest absolute Gasteiger partial charge is 0.452 e. The normalized spacial score (nSPS) is 11.1. The monoisotopic (exact) mass is 926 g/mol. The molecular formula is C67H50N4O. The lowest BCUT2D eigenvalue weighted by Crippen LogP contribution is -2.12. The zero-order valence-electron chi connectivity index (χ0n) is 39.8. The Bertz CT molecular complexity index is 3680. The summed E-state index contributed by atoms with van der Waals surface area (Å²) in [7, 11) is 2.11. The van der Waals surface area contributed by atoms with Gasteiger partial charge >= 0.3 is 0 Å². The van der Waals surface area contributed by atoms with Gasteiger partial charge in [-0.1, -0.05) is 164 Å². The van der Waals surface area contributed by atoms with E-state index >= 15 is 0 Å². The van der Waals surface area contributed by atoms with Crippen molar-refractivity contribution in [2.24, 2.45) is 0 Å². The van der Waals surface area contributed by atoms with E-state index in [9.17, 15) is 0 Å². The van der Waals surface area contributed by atoms with Crippen molar-refractivity contribution in [2.75, 3.05) is 26.6 Å². The number of hydrogen-bond donors (Lipinski definition) is 0. The van der Waals surface area contributed by atoms with Crippen molar-refractivity contribution in [3.63, 3.8) is 0 Å². The summed E-state index contributed by atoms with van der Waals surface area (Å²) in [6.45, 7) is 0. The van der Waals surface area contributed by atoms with Crippen molar-refractivity contribution in [2.45, 2.75) is 0 Å². The first kappa shape index (κ1) is 43.7. The number of furan rings is 1. The van der Waals surface area contributed by atoms with E-state index in [0.717, 1.165) is 95.6 Å². The standard InChI is InChI=1S/C67H50N4O/c1-68(53-23-11-4-12-24-53)54-41-43-60(44-42-54)70(58-37-33-51(34-38-58)49-19-7-2-8-20-49)64-31-17-29-62-63-30-18-32-65(67(63)72-66(62)64)71(59-39-35-52(36-40-59)50-21-9-3-10-22-50)61-47-45-57(46-48-61)69(55-25-13-5-14-26-55)56-27-15-6-16-28-56/h2-48H,1H3. The minimum absolute atomic E-state index is 0.797. The van der Waals surface area contributed by atoms with Crippen LogP contribution in [0.5, 0.6) is 0 Å². The second kappa shape index (κ2) is 19.4. The predicted molar refractivity (Wildman–Crippen MR) is 303 cm³/mol. The fourth-order valence-electron chi connectivity index (χ4n) is 9.84. The van der Waals surface area contributed by atoms with E-state index in [1.165, 1.54) is 11.1 Å². The number of hydrogen-bond acceptors (Lipinski definition) is 5. The fraction of sp³-hybridized carbons (Fsp3) is 0.0149. The van der Waals surface area contributed by atoms with E-state index in [2.05, 4.69) is 306 Å². The Morgan fingerprint density at radius 2 is 0.486 bits per heavy atom. The van der Waals surface area contributed by atoms with Gasteiger partial charge in [-0.2, -0.15) is 0 Å². The first-order chi connectivity index (χ1) is 35.6. The molecule has 0 radical (unpaired) electrons. The molecule has 0 aliphatic carbocycles. The molecule has 0 aliphatic heterocycles. The first-order valence-electron chi connectivity index (χ1n) is 24.4. The molecule has 11 aromatic carbocycles. The summed E-state index contributed by atoms with van der Waals surface area (Å²) >= 11 is 0. The SMILES string of the molecule is CN(c1ccccc1)c1ccc(N(c2ccc(-c3ccccc3)cc2)c2cccc3c2oc2c(N(c4ccc(-c5ccccc5)cc4)c4ccc(N(c5ccccc5)c5ccccc5)cc4)cccc23)cc1. The van der Waals surface area contributed by atoms with Crippen molar-refractivity contribution in [1.82, 2.24) is 0 Å². The molecule has 0 saturated carbocycles. The van der Waals surface area contributed by atoms with Crippen LogP contribution >= 0.6 is 0 Å². The van der Waals surface area contributed by atoms with Crippen LogP contribution in [0.2, 0.25) is 0 Å². The van der Waals surface area contributed by atoms with Crippen LogP contribution in [0.1, 0.15) is 0 Å². The first-order valence-corrected chi connectivity index (χ1v) is 24.4. The van der Waals surface area contributed by atoms with Gasteiger partial charge in [-0.25, -0.2) is 0 Å². The van der Waals surface area contributed by atoms with Crippen molar-refractivity contribution in [3.05, 3.63) is 285 Å². The number of fused-ring (bicyclic) bond motifs is 3. The second-order valence-electron chi connectivity index (χ2n) is 17.8. The van der Waals surface area contributed by atoms with Crippen LogP contribution in [0.4, 0.5) is 62.6 Å². The van der Waals surface area contributed by atoms with Crippen LogP contribution < -0.4 is 19.6 Å². The highest BCUT2D eigenvalue weighted by atomic mass is 16.3. The smallest absolute Gasteiger partial charge is 0.159 e. The van der Waals surface area contributed by atoms with Gasteiger partial charge in [0.25, 0.3) is 0 Å². The van der Waals surface area contributed by atoms with Gasteiger partial charge in [0, 0.05) is 69.0 Å². The summed E-state index contributed by atoms with van der Waals surface area (Å²) in [5.74, 6) is 0. The number of benzene rings is 11. The second-order valence-corrected chi connectivity index (χ2v) is 17.8. The molecule has 0 fully saturated rings. The lowest BCUT2D eigenvalue weighted by Gasteiger charge is -2.28. The highest BCUT2D eigenvalue weighted by Gasteiger charge is 2.24. The fourth-order valence-corrected chi connectivity index (χ4v) is 9.84. The number of anilines is 11. The van der Waals surface area contributed by atoms with E-state index < -0.39 is 0 Å². The third kappa shape index (κ3) is 8.50. The molecule has 0 atom stereocenters. The molecule has 1 aromatic heterocycles. The van der Waals surface area contributed by atoms with Gasteiger partial charge in [0.15, 0.2) is 11.2 Å². The van der Waals surface area contributed by atoms with Gasteiger partial charge in [0.1, 0.15) is 0 Å². The number of para-hydroxylation sites is 5. The summed E-state index contributed by atoms with van der Waals surface area (Å²) in [6.07, 6.45) is 0. The average molecular weight is 927 g/mol. The van der Waals surface area contributed by atoms with E-state index in [0.29, 0.717) is 0 Å². The zero-order chi connectivity index (χ0) is 48.2. The molecule has 0 bridgehead atoms. The van der Waals surface area contributed by atoms with Crippen molar-refractivity contribution in [1.29, 1.82) is 0 Å². The molecule has 0 amide bonds. The molecule has 0 unspecified atom stereocenters. The lowest BCUT2D eigenvalue weighted by molar-refractivity contribution is 0.669. The van der Waals surface area contributed by atoms with Gasteiger partial charge in [-0.3, -0.25) is 0 Å². The van der Waals surface area contributed by atoms with E-state index in [4.69, 9.17) is 4.42 Å². The molecule has 0 aliphatic rings. The van der Waals surface area contributed by atoms with Crippen LogP contribution in [0, 0.1) is 0 Å². The van der Waals surface area contributed by atoms with Gasteiger partial charge < -0.3 is 24.0 Å². The van der Waals surface area contributed by atoms with Crippen LogP contribution in [-0.2, 0) is 0 Å². The Hall–Kier alpha value is -9.58. The maximum atomic E-state index is 7.35. The summed E-state index contributed by atoms with van der Waals surface area (Å²) in [5, 5.41) is 2.07. The number of nitrogens with zero attached hydrogens (tertiary/aromatic N) is 4. The molecule has 5 nitrogen and oxygen atoms in total. The minimum atomic E-state index is 0.797. The maximum Gasteiger partial charge on any atom is 0.159 e. The Morgan fingerprint density at radius 1 is 0.222 bits per heavy atom. The number of rotatable bonds is 13. The lowest BCUT2D eigenvalue weighted by atomic mass is 10.0. The predicted octanol–water partition coefficient (Wildman–Crippen LogP) is 19.1. The molecule has 0 spiro atoms. The molecule has 0 N–H and O–H groups in total. The minimum Gasteiger partial charge on any atom is -0.452 e. The van der Waals surface area contributed by atoms with E-state index in [-0.39, 0.29) is 0 Å². The van der Waals surface area contributed by atoms with Crippen LogP contribution in [-0.4, -0.2) is 7.05 Å². The van der Waals surface area contributed by atoms with E-state index in [1.54, 1.807) is 0 Å². The maximum absolute atomic E-state index is 7.35. The van der Waals surface area contributed by atoms with E-state index in [1.807, 2.05) is 6.07 Å². The topological polar surface area (TPSA) is 26.1 Å². The van der Waals surface area contributed by atoms with Crippen molar-refractivity contribution >= 4 is 84.5 Å². The van der Waals surface area contributed by atoms with Crippen molar-refractivity contribution < 1.29 is 4.42 Å². The quantitative estimate of drug-likeness (QED) is 0.115. The highest BCUT2D eigenvalue weighted by molar-refractivity contribution is 6.14. The Kier molecular flexibility index (Phi) is 11.8. The zero-order valence-corrected chi connectivity index (χ0v) is 39.8. The van der Waals surface area contributed by atoms with Crippen LogP contribution in [0.25, 0.3) is 44.2 Å². The molecular weight excluding hydrogens is 877 g/mol. The molecule has 12 rings (SSSR count). The summed E-state index contributed by atoms with van der Waals surface area (Å²) in [5.41, 5.74) is 17.6. The molecule has 72 heavy (non-hydrogen) atoms. The van der Waals surface area contributed by atoms with Crippen LogP contribution in [0.15, 0.2) is 290 Å².